The largest absolute Gasteiger partial charge is 0.264 e. The Morgan fingerprint density at radius 1 is 1.29 bits per heavy atom. The molecule has 0 atom stereocenters. The third-order valence-electron chi connectivity index (χ3n) is 1.77. The van der Waals surface area contributed by atoms with Gasteiger partial charge >= 0.3 is 0 Å². The van der Waals surface area contributed by atoms with Gasteiger partial charge in [0.1, 0.15) is 0 Å². The third kappa shape index (κ3) is 3.17. The number of pyridine rings is 1. The highest BCUT2D eigenvalue weighted by molar-refractivity contribution is 5.65. The zero-order valence-electron chi connectivity index (χ0n) is 9.54. The summed E-state index contributed by atoms with van der Waals surface area (Å²) in [5, 5.41) is 0. The molecule has 0 spiro atoms. The van der Waals surface area contributed by atoms with Gasteiger partial charge < -0.3 is 0 Å². The van der Waals surface area contributed by atoms with Gasteiger partial charge in [0.25, 0.3) is 0 Å². The quantitative estimate of drug-likeness (QED) is 0.682. The maximum absolute atomic E-state index is 4.11. The highest BCUT2D eigenvalue weighted by atomic mass is 14.6. The van der Waals surface area contributed by atoms with E-state index in [-0.39, 0.29) is 0 Å². The second-order valence-electron chi connectivity index (χ2n) is 2.66. The van der Waals surface area contributed by atoms with Crippen LogP contribution >= 0.6 is 0 Å². The molecule has 0 aromatic carbocycles. The van der Waals surface area contributed by atoms with E-state index < -0.39 is 0 Å². The SMILES string of the molecule is C=Cc1c(C)cncc1/C=C\C.CC. The lowest BCUT2D eigenvalue weighted by atomic mass is 10.1. The summed E-state index contributed by atoms with van der Waals surface area (Å²) in [4.78, 5) is 4.11. The van der Waals surface area contributed by atoms with E-state index in [4.69, 9.17) is 0 Å². The first-order valence-electron chi connectivity index (χ1n) is 4.99. The minimum absolute atomic E-state index is 1.13. The lowest BCUT2D eigenvalue weighted by Gasteiger charge is -2.02. The molecule has 0 aliphatic rings. The Morgan fingerprint density at radius 2 is 1.93 bits per heavy atom. The van der Waals surface area contributed by atoms with Gasteiger partial charge in [0.2, 0.25) is 0 Å². The van der Waals surface area contributed by atoms with E-state index in [1.165, 1.54) is 11.1 Å². The van der Waals surface area contributed by atoms with Crippen LogP contribution < -0.4 is 0 Å². The van der Waals surface area contributed by atoms with Gasteiger partial charge in [-0.05, 0) is 30.5 Å². The molecule has 0 N–H and O–H groups in total. The van der Waals surface area contributed by atoms with E-state index in [0.717, 1.165) is 5.56 Å². The number of aromatic nitrogens is 1. The summed E-state index contributed by atoms with van der Waals surface area (Å²) in [5.74, 6) is 0. The first-order chi connectivity index (χ1) is 6.79. The Balaban J connectivity index is 0.000000791. The van der Waals surface area contributed by atoms with Crippen molar-refractivity contribution >= 4 is 12.2 Å². The standard InChI is InChI=1S/C11H13N.C2H6/c1-4-6-10-8-12-7-9(3)11(10)5-2;1-2/h4-8H,2H2,1,3H3;1-2H3/b6-4-;. The molecule has 0 aliphatic heterocycles. The maximum Gasteiger partial charge on any atom is 0.0346 e. The molecular weight excluding hydrogens is 170 g/mol. The number of rotatable bonds is 2. The molecule has 76 valence electrons. The maximum atomic E-state index is 4.11. The van der Waals surface area contributed by atoms with Crippen LogP contribution in [-0.4, -0.2) is 4.98 Å². The smallest absolute Gasteiger partial charge is 0.0346 e. The van der Waals surface area contributed by atoms with Crippen molar-refractivity contribution in [3.63, 3.8) is 0 Å². The number of allylic oxidation sites excluding steroid dienone is 1. The van der Waals surface area contributed by atoms with Crippen LogP contribution in [0.25, 0.3) is 12.2 Å². The van der Waals surface area contributed by atoms with E-state index in [9.17, 15) is 0 Å². The summed E-state index contributed by atoms with van der Waals surface area (Å²) in [7, 11) is 0. The van der Waals surface area contributed by atoms with Crippen molar-refractivity contribution in [2.24, 2.45) is 0 Å². The van der Waals surface area contributed by atoms with Crippen LogP contribution in [0.15, 0.2) is 25.0 Å². The van der Waals surface area contributed by atoms with Crippen molar-refractivity contribution in [3.8, 4) is 0 Å². The molecular formula is C13H19N. The van der Waals surface area contributed by atoms with Gasteiger partial charge in [-0.3, -0.25) is 4.98 Å². The normalized spacial score (nSPS) is 9.43. The van der Waals surface area contributed by atoms with Crippen molar-refractivity contribution in [2.75, 3.05) is 0 Å². The number of nitrogens with zero attached hydrogens (tertiary/aromatic N) is 1. The fourth-order valence-electron chi connectivity index (χ4n) is 1.19. The molecule has 0 fully saturated rings. The molecule has 0 unspecified atom stereocenters. The van der Waals surface area contributed by atoms with Crippen molar-refractivity contribution in [1.29, 1.82) is 0 Å². The van der Waals surface area contributed by atoms with Crippen LogP contribution in [0.5, 0.6) is 0 Å². The second kappa shape index (κ2) is 7.07. The van der Waals surface area contributed by atoms with Gasteiger partial charge in [0, 0.05) is 12.4 Å². The molecule has 0 amide bonds. The Labute approximate surface area is 87.2 Å². The third-order valence-corrected chi connectivity index (χ3v) is 1.77. The number of hydrogen-bond acceptors (Lipinski definition) is 1. The zero-order chi connectivity index (χ0) is 11.0. The average Bonchev–Trinajstić information content (AvgIpc) is 2.22. The lowest BCUT2D eigenvalue weighted by Crippen LogP contribution is -1.87. The molecule has 0 saturated carbocycles. The van der Waals surface area contributed by atoms with E-state index >= 15 is 0 Å². The molecule has 1 aromatic rings. The van der Waals surface area contributed by atoms with E-state index in [1.807, 2.05) is 58.3 Å². The van der Waals surface area contributed by atoms with Crippen LogP contribution in [0, 0.1) is 6.92 Å². The van der Waals surface area contributed by atoms with Crippen molar-refractivity contribution in [1.82, 2.24) is 4.98 Å². The van der Waals surface area contributed by atoms with Gasteiger partial charge in [0.05, 0.1) is 0 Å². The van der Waals surface area contributed by atoms with Crippen LogP contribution in [-0.2, 0) is 0 Å². The monoisotopic (exact) mass is 189 g/mol. The summed E-state index contributed by atoms with van der Waals surface area (Å²) in [5.41, 5.74) is 3.47. The van der Waals surface area contributed by atoms with Gasteiger partial charge in [-0.25, -0.2) is 0 Å². The Hall–Kier alpha value is -1.37. The molecule has 1 heteroatoms. The first kappa shape index (κ1) is 12.6. The highest BCUT2D eigenvalue weighted by Crippen LogP contribution is 2.14. The summed E-state index contributed by atoms with van der Waals surface area (Å²) >= 11 is 0. The average molecular weight is 189 g/mol. The minimum atomic E-state index is 1.13. The van der Waals surface area contributed by atoms with Crippen LogP contribution in [0.4, 0.5) is 0 Å². The predicted molar refractivity (Wildman–Crippen MR) is 65.1 cm³/mol. The highest BCUT2D eigenvalue weighted by Gasteiger charge is 1.97. The van der Waals surface area contributed by atoms with E-state index in [0.29, 0.717) is 0 Å². The molecule has 0 saturated heterocycles. The molecule has 1 aromatic heterocycles. The second-order valence-corrected chi connectivity index (χ2v) is 2.66. The molecule has 1 heterocycles. The van der Waals surface area contributed by atoms with Crippen LogP contribution in [0.1, 0.15) is 37.5 Å². The summed E-state index contributed by atoms with van der Waals surface area (Å²) in [6.45, 7) is 11.8. The van der Waals surface area contributed by atoms with E-state index in [2.05, 4.69) is 11.6 Å². The lowest BCUT2D eigenvalue weighted by molar-refractivity contribution is 1.25. The molecule has 1 rings (SSSR count). The molecule has 0 bridgehead atoms. The molecule has 1 nitrogen and oxygen atoms in total. The minimum Gasteiger partial charge on any atom is -0.264 e. The van der Waals surface area contributed by atoms with Crippen molar-refractivity contribution < 1.29 is 0 Å². The topological polar surface area (TPSA) is 12.9 Å². The van der Waals surface area contributed by atoms with Gasteiger partial charge in [-0.2, -0.15) is 0 Å². The molecule has 0 aliphatic carbocycles. The zero-order valence-corrected chi connectivity index (χ0v) is 9.54. The van der Waals surface area contributed by atoms with Gasteiger partial charge in [-0.15, -0.1) is 0 Å². The number of hydrogen-bond donors (Lipinski definition) is 0. The molecule has 14 heavy (non-hydrogen) atoms. The summed E-state index contributed by atoms with van der Waals surface area (Å²) < 4.78 is 0. The summed E-state index contributed by atoms with van der Waals surface area (Å²) in [6.07, 6.45) is 9.61. The predicted octanol–water partition coefficient (Wildman–Crippen LogP) is 4.09. The fraction of sp³-hybridized carbons (Fsp3) is 0.308. The Kier molecular flexibility index (Phi) is 6.38. The fourth-order valence-corrected chi connectivity index (χ4v) is 1.19. The number of aryl methyl sites for hydroxylation is 1. The van der Waals surface area contributed by atoms with Crippen molar-refractivity contribution in [2.45, 2.75) is 27.7 Å². The Morgan fingerprint density at radius 3 is 2.43 bits per heavy atom. The van der Waals surface area contributed by atoms with Crippen molar-refractivity contribution in [3.05, 3.63) is 41.7 Å². The van der Waals surface area contributed by atoms with Crippen LogP contribution in [0.2, 0.25) is 0 Å². The van der Waals surface area contributed by atoms with Crippen LogP contribution in [0.3, 0.4) is 0 Å². The Bertz CT molecular complexity index is 311. The summed E-state index contributed by atoms with van der Waals surface area (Å²) in [6, 6.07) is 0. The first-order valence-corrected chi connectivity index (χ1v) is 4.99. The van der Waals surface area contributed by atoms with Gasteiger partial charge in [0.15, 0.2) is 0 Å². The van der Waals surface area contributed by atoms with Gasteiger partial charge in [-0.1, -0.05) is 38.7 Å². The molecule has 0 radical (unpaired) electrons. The van der Waals surface area contributed by atoms with E-state index in [1.54, 1.807) is 0 Å².